The maximum absolute atomic E-state index is 5.93. The van der Waals surface area contributed by atoms with Crippen molar-refractivity contribution < 1.29 is 0 Å². The van der Waals surface area contributed by atoms with Gasteiger partial charge in [0.05, 0.1) is 0 Å². The molecule has 1 aliphatic carbocycles. The van der Waals surface area contributed by atoms with Gasteiger partial charge < -0.3 is 10.3 Å². The highest BCUT2D eigenvalue weighted by Gasteiger charge is 2.58. The van der Waals surface area contributed by atoms with Crippen LogP contribution in [0.25, 0.3) is 10.9 Å². The summed E-state index contributed by atoms with van der Waals surface area (Å²) >= 11 is 0. The molecule has 1 aromatic carbocycles. The number of aromatic nitrogens is 1. The van der Waals surface area contributed by atoms with Gasteiger partial charge in [-0.3, -0.25) is 0 Å². The summed E-state index contributed by atoms with van der Waals surface area (Å²) in [7, 11) is 2.16. The molecule has 2 aromatic rings. The first kappa shape index (κ1) is 11.8. The van der Waals surface area contributed by atoms with E-state index in [1.165, 1.54) is 22.2 Å². The van der Waals surface area contributed by atoms with Crippen LogP contribution >= 0.6 is 0 Å². The van der Waals surface area contributed by atoms with Crippen LogP contribution in [-0.4, -0.2) is 11.1 Å². The number of para-hydroxylation sites is 1. The number of fused-ring (bicyclic) bond motifs is 1. The standard InChI is InChI=1S/C16H22N2/c1-10-14(15-12(9-17)16(15,2)3)11-7-5-6-8-13(11)18(10)4/h5-8,12,15H,9,17H2,1-4H3. The van der Waals surface area contributed by atoms with Gasteiger partial charge >= 0.3 is 0 Å². The molecule has 18 heavy (non-hydrogen) atoms. The van der Waals surface area contributed by atoms with Gasteiger partial charge in [0.2, 0.25) is 0 Å². The van der Waals surface area contributed by atoms with Crippen molar-refractivity contribution >= 4 is 10.9 Å². The normalized spacial score (nSPS) is 25.6. The second-order valence-electron chi connectivity index (χ2n) is 6.22. The van der Waals surface area contributed by atoms with Crippen LogP contribution in [0.4, 0.5) is 0 Å². The summed E-state index contributed by atoms with van der Waals surface area (Å²) in [6, 6.07) is 8.71. The number of nitrogens with zero attached hydrogens (tertiary/aromatic N) is 1. The van der Waals surface area contributed by atoms with Crippen LogP contribution in [0, 0.1) is 18.3 Å². The van der Waals surface area contributed by atoms with Crippen molar-refractivity contribution in [3.8, 4) is 0 Å². The molecule has 1 heterocycles. The highest BCUT2D eigenvalue weighted by Crippen LogP contribution is 2.65. The third-order valence-corrected chi connectivity index (χ3v) is 5.06. The predicted molar refractivity (Wildman–Crippen MR) is 76.7 cm³/mol. The maximum Gasteiger partial charge on any atom is 0.0482 e. The minimum atomic E-state index is 0.351. The average Bonchev–Trinajstić information content (AvgIpc) is 2.80. The zero-order valence-electron chi connectivity index (χ0n) is 11.7. The molecule has 2 N–H and O–H groups in total. The number of hydrogen-bond donors (Lipinski definition) is 1. The van der Waals surface area contributed by atoms with Crippen molar-refractivity contribution in [2.24, 2.45) is 24.1 Å². The Balaban J connectivity index is 2.22. The fraction of sp³-hybridized carbons (Fsp3) is 0.500. The van der Waals surface area contributed by atoms with Gasteiger partial charge in [0.1, 0.15) is 0 Å². The third kappa shape index (κ3) is 1.33. The summed E-state index contributed by atoms with van der Waals surface area (Å²) in [5.74, 6) is 1.25. The molecular formula is C16H22N2. The quantitative estimate of drug-likeness (QED) is 0.861. The molecule has 0 aliphatic heterocycles. The van der Waals surface area contributed by atoms with E-state index in [9.17, 15) is 0 Å². The summed E-state index contributed by atoms with van der Waals surface area (Å²) in [5, 5.41) is 1.41. The summed E-state index contributed by atoms with van der Waals surface area (Å²) in [6.07, 6.45) is 0. The Bertz CT molecular complexity index is 607. The topological polar surface area (TPSA) is 30.9 Å². The lowest BCUT2D eigenvalue weighted by atomic mass is 10.0. The van der Waals surface area contributed by atoms with Crippen molar-refractivity contribution in [2.45, 2.75) is 26.7 Å². The third-order valence-electron chi connectivity index (χ3n) is 5.06. The van der Waals surface area contributed by atoms with Crippen LogP contribution in [-0.2, 0) is 7.05 Å². The zero-order chi connectivity index (χ0) is 13.1. The summed E-state index contributed by atoms with van der Waals surface area (Å²) in [4.78, 5) is 0. The maximum atomic E-state index is 5.93. The minimum absolute atomic E-state index is 0.351. The van der Waals surface area contributed by atoms with E-state index in [1.807, 2.05) is 0 Å². The Morgan fingerprint density at radius 3 is 2.56 bits per heavy atom. The second-order valence-corrected chi connectivity index (χ2v) is 6.22. The second kappa shape index (κ2) is 3.61. The molecule has 96 valence electrons. The van der Waals surface area contributed by atoms with Crippen molar-refractivity contribution in [3.05, 3.63) is 35.5 Å². The van der Waals surface area contributed by atoms with Gasteiger partial charge in [-0.05, 0) is 42.3 Å². The van der Waals surface area contributed by atoms with Gasteiger partial charge in [0, 0.05) is 23.6 Å². The van der Waals surface area contributed by atoms with Gasteiger partial charge in [-0.15, -0.1) is 0 Å². The Morgan fingerprint density at radius 1 is 1.28 bits per heavy atom. The molecule has 0 bridgehead atoms. The van der Waals surface area contributed by atoms with Crippen molar-refractivity contribution in [2.75, 3.05) is 6.54 Å². The molecule has 1 aromatic heterocycles. The molecule has 0 saturated heterocycles. The van der Waals surface area contributed by atoms with E-state index in [1.54, 1.807) is 0 Å². The molecule has 1 aliphatic rings. The molecule has 1 fully saturated rings. The highest BCUT2D eigenvalue weighted by molar-refractivity contribution is 5.86. The predicted octanol–water partition coefficient (Wildman–Crippen LogP) is 3.19. The van der Waals surface area contributed by atoms with Crippen LogP contribution in [0.5, 0.6) is 0 Å². The van der Waals surface area contributed by atoms with Crippen LogP contribution in [0.3, 0.4) is 0 Å². The fourth-order valence-electron chi connectivity index (χ4n) is 3.70. The van der Waals surface area contributed by atoms with Crippen molar-refractivity contribution in [1.29, 1.82) is 0 Å². The molecule has 3 rings (SSSR count). The molecule has 2 unspecified atom stereocenters. The van der Waals surface area contributed by atoms with Gasteiger partial charge in [0.25, 0.3) is 0 Å². The zero-order valence-corrected chi connectivity index (χ0v) is 11.7. The van der Waals surface area contributed by atoms with Crippen LogP contribution in [0.2, 0.25) is 0 Å². The molecule has 0 radical (unpaired) electrons. The summed E-state index contributed by atoms with van der Waals surface area (Å²) in [6.45, 7) is 7.71. The first-order valence-corrected chi connectivity index (χ1v) is 6.74. The smallest absolute Gasteiger partial charge is 0.0482 e. The first-order valence-electron chi connectivity index (χ1n) is 6.74. The average molecular weight is 242 g/mol. The largest absolute Gasteiger partial charge is 0.348 e. The van der Waals surface area contributed by atoms with E-state index in [4.69, 9.17) is 5.73 Å². The molecule has 2 heteroatoms. The van der Waals surface area contributed by atoms with Gasteiger partial charge in [-0.1, -0.05) is 32.0 Å². The van der Waals surface area contributed by atoms with Gasteiger partial charge in [-0.2, -0.15) is 0 Å². The lowest BCUT2D eigenvalue weighted by molar-refractivity contribution is 0.558. The number of rotatable bonds is 2. The van der Waals surface area contributed by atoms with Crippen LogP contribution in [0.1, 0.15) is 31.0 Å². The lowest BCUT2D eigenvalue weighted by Crippen LogP contribution is -2.05. The number of benzene rings is 1. The molecule has 2 nitrogen and oxygen atoms in total. The van der Waals surface area contributed by atoms with Crippen LogP contribution < -0.4 is 5.73 Å². The molecule has 0 spiro atoms. The van der Waals surface area contributed by atoms with Crippen LogP contribution in [0.15, 0.2) is 24.3 Å². The Labute approximate surface area is 109 Å². The molecule has 0 amide bonds. The number of nitrogens with two attached hydrogens (primary N) is 1. The summed E-state index contributed by atoms with van der Waals surface area (Å²) in [5.41, 5.74) is 10.5. The number of aryl methyl sites for hydroxylation is 1. The minimum Gasteiger partial charge on any atom is -0.348 e. The SMILES string of the molecule is Cc1c(C2C(CN)C2(C)C)c2ccccc2n1C. The van der Waals surface area contributed by atoms with Gasteiger partial charge in [-0.25, -0.2) is 0 Å². The fourth-order valence-corrected chi connectivity index (χ4v) is 3.70. The number of hydrogen-bond acceptors (Lipinski definition) is 1. The lowest BCUT2D eigenvalue weighted by Gasteiger charge is -2.04. The van der Waals surface area contributed by atoms with E-state index >= 15 is 0 Å². The van der Waals surface area contributed by atoms with E-state index < -0.39 is 0 Å². The Kier molecular flexibility index (Phi) is 2.36. The molecular weight excluding hydrogens is 220 g/mol. The van der Waals surface area contributed by atoms with E-state index in [0.29, 0.717) is 17.3 Å². The first-order chi connectivity index (χ1) is 8.50. The van der Waals surface area contributed by atoms with Gasteiger partial charge in [0.15, 0.2) is 0 Å². The van der Waals surface area contributed by atoms with E-state index in [0.717, 1.165) is 6.54 Å². The van der Waals surface area contributed by atoms with Crippen molar-refractivity contribution in [3.63, 3.8) is 0 Å². The summed E-state index contributed by atoms with van der Waals surface area (Å²) < 4.78 is 2.31. The van der Waals surface area contributed by atoms with Crippen molar-refractivity contribution in [1.82, 2.24) is 4.57 Å². The van der Waals surface area contributed by atoms with E-state index in [-0.39, 0.29) is 0 Å². The molecule has 1 saturated carbocycles. The Morgan fingerprint density at radius 2 is 1.94 bits per heavy atom. The molecule has 2 atom stereocenters. The van der Waals surface area contributed by atoms with E-state index in [2.05, 4.69) is 56.7 Å². The Hall–Kier alpha value is -1.28. The monoisotopic (exact) mass is 242 g/mol. The highest BCUT2D eigenvalue weighted by atomic mass is 15.0.